The molecule has 104 valence electrons. The van der Waals surface area contributed by atoms with Crippen molar-refractivity contribution in [3.8, 4) is 0 Å². The predicted molar refractivity (Wildman–Crippen MR) is 79.3 cm³/mol. The molecule has 1 aromatic rings. The third kappa shape index (κ3) is 3.39. The molecule has 1 heterocycles. The Labute approximate surface area is 118 Å². The molecule has 0 bridgehead atoms. The maximum absolute atomic E-state index is 12.2. The fourth-order valence-electron chi connectivity index (χ4n) is 2.37. The van der Waals surface area contributed by atoms with E-state index in [1.807, 2.05) is 6.92 Å². The minimum absolute atomic E-state index is 0.0249. The quantitative estimate of drug-likeness (QED) is 0.837. The number of nitrogens with two attached hydrogens (primary N) is 1. The van der Waals surface area contributed by atoms with Gasteiger partial charge in [0.05, 0.1) is 17.4 Å². The topological polar surface area (TPSA) is 58.4 Å². The second-order valence-electron chi connectivity index (χ2n) is 5.29. The average Bonchev–Trinajstić information content (AvgIpc) is 2.78. The van der Waals surface area contributed by atoms with Crippen LogP contribution in [0.3, 0.4) is 0 Å². The molecule has 1 amide bonds. The van der Waals surface area contributed by atoms with Crippen LogP contribution >= 0.6 is 11.6 Å². The number of nitrogens with zero attached hydrogens (tertiary/aromatic N) is 1. The molecule has 1 aromatic carbocycles. The van der Waals surface area contributed by atoms with E-state index < -0.39 is 0 Å². The second kappa shape index (κ2) is 5.80. The summed E-state index contributed by atoms with van der Waals surface area (Å²) >= 11 is 5.83. The smallest absolute Gasteiger partial charge is 0.241 e. The van der Waals surface area contributed by atoms with Gasteiger partial charge < -0.3 is 11.1 Å². The lowest BCUT2D eigenvalue weighted by molar-refractivity contribution is -0.120. The van der Waals surface area contributed by atoms with Crippen molar-refractivity contribution in [1.82, 2.24) is 4.90 Å². The maximum atomic E-state index is 12.2. The summed E-state index contributed by atoms with van der Waals surface area (Å²) < 4.78 is 0. The summed E-state index contributed by atoms with van der Waals surface area (Å²) in [5.41, 5.74) is 6.94. The van der Waals surface area contributed by atoms with E-state index in [-0.39, 0.29) is 11.9 Å². The first-order valence-electron chi connectivity index (χ1n) is 6.57. The van der Waals surface area contributed by atoms with Gasteiger partial charge in [0, 0.05) is 11.6 Å². The number of nitrogen functional groups attached to an aromatic ring is 1. The van der Waals surface area contributed by atoms with Crippen LogP contribution in [0.25, 0.3) is 0 Å². The largest absolute Gasteiger partial charge is 0.397 e. The van der Waals surface area contributed by atoms with Crippen molar-refractivity contribution in [1.29, 1.82) is 0 Å². The molecule has 1 aliphatic rings. The van der Waals surface area contributed by atoms with Crippen LogP contribution in [0, 0.1) is 5.92 Å². The van der Waals surface area contributed by atoms with E-state index in [2.05, 4.69) is 17.1 Å². The molecule has 1 fully saturated rings. The van der Waals surface area contributed by atoms with Crippen LogP contribution in [0.2, 0.25) is 5.02 Å². The summed E-state index contributed by atoms with van der Waals surface area (Å²) in [6.07, 6.45) is 1.15. The number of anilines is 2. The SMILES string of the molecule is CC1CCN(C(C)C(=O)Nc2ccc(Cl)cc2N)C1. The monoisotopic (exact) mass is 281 g/mol. The van der Waals surface area contributed by atoms with Crippen LogP contribution in [-0.2, 0) is 4.79 Å². The summed E-state index contributed by atoms with van der Waals surface area (Å²) in [7, 11) is 0. The normalized spacial score (nSPS) is 21.3. The molecule has 3 N–H and O–H groups in total. The highest BCUT2D eigenvalue weighted by atomic mass is 35.5. The van der Waals surface area contributed by atoms with Crippen molar-refractivity contribution in [2.24, 2.45) is 5.92 Å². The number of likely N-dealkylation sites (tertiary alicyclic amines) is 1. The van der Waals surface area contributed by atoms with E-state index in [0.29, 0.717) is 22.3 Å². The van der Waals surface area contributed by atoms with Gasteiger partial charge in [-0.15, -0.1) is 0 Å². The highest BCUT2D eigenvalue weighted by Gasteiger charge is 2.27. The molecule has 2 unspecified atom stereocenters. The molecule has 2 rings (SSSR count). The molecule has 0 spiro atoms. The lowest BCUT2D eigenvalue weighted by Crippen LogP contribution is -2.40. The van der Waals surface area contributed by atoms with Crippen LogP contribution in [0.1, 0.15) is 20.3 Å². The first-order valence-corrected chi connectivity index (χ1v) is 6.95. The molecule has 0 radical (unpaired) electrons. The first kappa shape index (κ1) is 14.2. The van der Waals surface area contributed by atoms with E-state index in [1.165, 1.54) is 0 Å². The van der Waals surface area contributed by atoms with Crippen molar-refractivity contribution in [3.05, 3.63) is 23.2 Å². The van der Waals surface area contributed by atoms with Crippen LogP contribution < -0.4 is 11.1 Å². The van der Waals surface area contributed by atoms with Gasteiger partial charge in [-0.1, -0.05) is 18.5 Å². The van der Waals surface area contributed by atoms with Crippen LogP contribution in [0.4, 0.5) is 11.4 Å². The number of benzene rings is 1. The van der Waals surface area contributed by atoms with Gasteiger partial charge in [0.1, 0.15) is 0 Å². The van der Waals surface area contributed by atoms with Crippen LogP contribution in [0.15, 0.2) is 18.2 Å². The minimum atomic E-state index is -0.139. The lowest BCUT2D eigenvalue weighted by Gasteiger charge is -2.23. The molecule has 19 heavy (non-hydrogen) atoms. The van der Waals surface area contributed by atoms with Gasteiger partial charge in [0.25, 0.3) is 0 Å². The Hall–Kier alpha value is -1.26. The standard InChI is InChI=1S/C14H20ClN3O/c1-9-5-6-18(8-9)10(2)14(19)17-13-4-3-11(15)7-12(13)16/h3-4,7,9-10H,5-6,8,16H2,1-2H3,(H,17,19). The molecule has 0 aromatic heterocycles. The summed E-state index contributed by atoms with van der Waals surface area (Å²) in [5, 5.41) is 3.43. The molecule has 2 atom stereocenters. The summed E-state index contributed by atoms with van der Waals surface area (Å²) in [4.78, 5) is 14.4. The zero-order valence-corrected chi connectivity index (χ0v) is 12.1. The number of hydrogen-bond donors (Lipinski definition) is 2. The first-order chi connectivity index (χ1) is 8.97. The number of nitrogens with one attached hydrogen (secondary N) is 1. The van der Waals surface area contributed by atoms with Crippen molar-refractivity contribution in [2.75, 3.05) is 24.1 Å². The molecule has 0 saturated carbocycles. The van der Waals surface area contributed by atoms with E-state index in [0.717, 1.165) is 19.5 Å². The summed E-state index contributed by atoms with van der Waals surface area (Å²) in [6, 6.07) is 4.95. The van der Waals surface area contributed by atoms with Crippen molar-refractivity contribution < 1.29 is 4.79 Å². The molecule has 1 saturated heterocycles. The van der Waals surface area contributed by atoms with Crippen molar-refractivity contribution in [3.63, 3.8) is 0 Å². The van der Waals surface area contributed by atoms with E-state index in [1.54, 1.807) is 18.2 Å². The minimum Gasteiger partial charge on any atom is -0.397 e. The highest BCUT2D eigenvalue weighted by molar-refractivity contribution is 6.31. The molecule has 0 aliphatic carbocycles. The third-order valence-corrected chi connectivity index (χ3v) is 3.89. The van der Waals surface area contributed by atoms with Crippen molar-refractivity contribution >= 4 is 28.9 Å². The average molecular weight is 282 g/mol. The Morgan fingerprint density at radius 2 is 2.32 bits per heavy atom. The number of halogens is 1. The number of carbonyl (C=O) groups is 1. The third-order valence-electron chi connectivity index (χ3n) is 3.65. The van der Waals surface area contributed by atoms with E-state index in [4.69, 9.17) is 17.3 Å². The Bertz CT molecular complexity index is 478. The molecule has 5 heteroatoms. The molecule has 1 aliphatic heterocycles. The van der Waals surface area contributed by atoms with Gasteiger partial charge in [-0.25, -0.2) is 0 Å². The molecule has 4 nitrogen and oxygen atoms in total. The zero-order valence-electron chi connectivity index (χ0n) is 11.3. The summed E-state index contributed by atoms with van der Waals surface area (Å²) in [6.45, 7) is 6.10. The number of amides is 1. The van der Waals surface area contributed by atoms with E-state index >= 15 is 0 Å². The maximum Gasteiger partial charge on any atom is 0.241 e. The zero-order chi connectivity index (χ0) is 14.0. The van der Waals surface area contributed by atoms with Gasteiger partial charge >= 0.3 is 0 Å². The predicted octanol–water partition coefficient (Wildman–Crippen LogP) is 2.59. The Kier molecular flexibility index (Phi) is 4.32. The number of carbonyl (C=O) groups excluding carboxylic acids is 1. The lowest BCUT2D eigenvalue weighted by atomic mass is 10.2. The fourth-order valence-corrected chi connectivity index (χ4v) is 2.55. The van der Waals surface area contributed by atoms with Crippen molar-refractivity contribution in [2.45, 2.75) is 26.3 Å². The second-order valence-corrected chi connectivity index (χ2v) is 5.72. The summed E-state index contributed by atoms with van der Waals surface area (Å²) in [5.74, 6) is 0.638. The van der Waals surface area contributed by atoms with Gasteiger partial charge in [-0.2, -0.15) is 0 Å². The number of hydrogen-bond acceptors (Lipinski definition) is 3. The van der Waals surface area contributed by atoms with Crippen LogP contribution in [0.5, 0.6) is 0 Å². The van der Waals surface area contributed by atoms with Gasteiger partial charge in [-0.05, 0) is 44.0 Å². The fraction of sp³-hybridized carbons (Fsp3) is 0.500. The molecular formula is C14H20ClN3O. The van der Waals surface area contributed by atoms with Gasteiger partial charge in [-0.3, -0.25) is 9.69 Å². The van der Waals surface area contributed by atoms with E-state index in [9.17, 15) is 4.79 Å². The molecular weight excluding hydrogens is 262 g/mol. The van der Waals surface area contributed by atoms with Gasteiger partial charge in [0.15, 0.2) is 0 Å². The highest BCUT2D eigenvalue weighted by Crippen LogP contribution is 2.24. The Balaban J connectivity index is 2.00. The Morgan fingerprint density at radius 1 is 1.58 bits per heavy atom. The van der Waals surface area contributed by atoms with Crippen LogP contribution in [-0.4, -0.2) is 29.9 Å². The number of rotatable bonds is 3. The van der Waals surface area contributed by atoms with Gasteiger partial charge in [0.2, 0.25) is 5.91 Å². The Morgan fingerprint density at radius 3 is 2.89 bits per heavy atom.